The lowest BCUT2D eigenvalue weighted by Gasteiger charge is -2.11. The van der Waals surface area contributed by atoms with Gasteiger partial charge in [-0.25, -0.2) is 18.1 Å². The fourth-order valence-corrected chi connectivity index (χ4v) is 3.50. The van der Waals surface area contributed by atoms with Crippen molar-refractivity contribution >= 4 is 31.6 Å². The Morgan fingerprint density at radius 2 is 2.21 bits per heavy atom. The Kier molecular flexibility index (Phi) is 3.93. The Morgan fingerprint density at radius 3 is 2.84 bits per heavy atom. The highest BCUT2D eigenvalue weighted by Gasteiger charge is 2.19. The molecule has 1 aromatic heterocycles. The number of nitrogens with zero attached hydrogens (tertiary/aromatic N) is 1. The maximum Gasteiger partial charge on any atom is 0.241 e. The Hall–Kier alpha value is -1.38. The van der Waals surface area contributed by atoms with Crippen molar-refractivity contribution < 1.29 is 8.42 Å². The molecule has 0 spiro atoms. The van der Waals surface area contributed by atoms with Gasteiger partial charge in [0.2, 0.25) is 10.0 Å². The number of halogens is 1. The van der Waals surface area contributed by atoms with Crippen LogP contribution in [0.15, 0.2) is 33.9 Å². The summed E-state index contributed by atoms with van der Waals surface area (Å²) in [5, 5.41) is 0. The highest BCUT2D eigenvalue weighted by Crippen LogP contribution is 2.26. The molecule has 1 heterocycles. The van der Waals surface area contributed by atoms with Crippen LogP contribution in [0.5, 0.6) is 0 Å². The first-order chi connectivity index (χ1) is 8.90. The van der Waals surface area contributed by atoms with E-state index in [2.05, 4.69) is 30.6 Å². The first-order valence-electron chi connectivity index (χ1n) is 5.43. The van der Waals surface area contributed by atoms with Gasteiger partial charge in [0.25, 0.3) is 0 Å². The average molecular weight is 345 g/mol. The number of hydrogen-bond acceptors (Lipinski definition) is 4. The number of rotatable bonds is 4. The number of aromatic nitrogens is 2. The molecule has 8 heteroatoms. The van der Waals surface area contributed by atoms with Gasteiger partial charge in [0.15, 0.2) is 0 Å². The largest absolute Gasteiger partial charge is 0.398 e. The van der Waals surface area contributed by atoms with E-state index in [4.69, 9.17) is 5.73 Å². The molecule has 1 aromatic carbocycles. The van der Waals surface area contributed by atoms with Crippen molar-refractivity contribution in [2.24, 2.45) is 0 Å². The van der Waals surface area contributed by atoms with Crippen molar-refractivity contribution in [3.8, 4) is 0 Å². The van der Waals surface area contributed by atoms with Crippen LogP contribution >= 0.6 is 15.9 Å². The van der Waals surface area contributed by atoms with Gasteiger partial charge in [-0.3, -0.25) is 0 Å². The second kappa shape index (κ2) is 5.32. The first-order valence-corrected chi connectivity index (χ1v) is 7.71. The Balaban J connectivity index is 2.29. The molecule has 0 bridgehead atoms. The Morgan fingerprint density at radius 1 is 1.47 bits per heavy atom. The quantitative estimate of drug-likeness (QED) is 0.732. The smallest absolute Gasteiger partial charge is 0.241 e. The summed E-state index contributed by atoms with van der Waals surface area (Å²) in [5.41, 5.74) is 6.72. The van der Waals surface area contributed by atoms with Gasteiger partial charge in [-0.2, -0.15) is 0 Å². The van der Waals surface area contributed by atoms with Gasteiger partial charge in [0.1, 0.15) is 5.82 Å². The molecule has 0 saturated heterocycles. The third kappa shape index (κ3) is 3.14. The van der Waals surface area contributed by atoms with Crippen LogP contribution in [0.3, 0.4) is 0 Å². The summed E-state index contributed by atoms with van der Waals surface area (Å²) >= 11 is 3.24. The number of imidazole rings is 1. The summed E-state index contributed by atoms with van der Waals surface area (Å²) in [7, 11) is -3.63. The van der Waals surface area contributed by atoms with Crippen LogP contribution in [0.25, 0.3) is 0 Å². The van der Waals surface area contributed by atoms with Crippen LogP contribution in [-0.2, 0) is 16.6 Å². The van der Waals surface area contributed by atoms with Crippen LogP contribution in [0.2, 0.25) is 0 Å². The molecule has 0 amide bonds. The molecule has 19 heavy (non-hydrogen) atoms. The van der Waals surface area contributed by atoms with Crippen molar-refractivity contribution in [3.63, 3.8) is 0 Å². The molecule has 0 atom stereocenters. The number of nitrogens with one attached hydrogen (secondary N) is 2. The second-order valence-electron chi connectivity index (χ2n) is 3.98. The van der Waals surface area contributed by atoms with E-state index < -0.39 is 10.0 Å². The zero-order chi connectivity index (χ0) is 14.0. The van der Waals surface area contributed by atoms with E-state index in [1.807, 2.05) is 0 Å². The lowest BCUT2D eigenvalue weighted by atomic mass is 10.2. The molecule has 102 valence electrons. The van der Waals surface area contributed by atoms with E-state index >= 15 is 0 Å². The maximum atomic E-state index is 12.2. The predicted octanol–water partition coefficient (Wildman–Crippen LogP) is 1.54. The molecule has 0 unspecified atom stereocenters. The Bertz CT molecular complexity index is 683. The van der Waals surface area contributed by atoms with Crippen molar-refractivity contribution in [2.75, 3.05) is 5.73 Å². The highest BCUT2D eigenvalue weighted by molar-refractivity contribution is 9.10. The third-order valence-corrected chi connectivity index (χ3v) is 4.62. The zero-order valence-corrected chi connectivity index (χ0v) is 12.5. The Labute approximate surface area is 119 Å². The van der Waals surface area contributed by atoms with Gasteiger partial charge in [-0.1, -0.05) is 15.9 Å². The van der Waals surface area contributed by atoms with Crippen LogP contribution in [0.4, 0.5) is 5.69 Å². The molecule has 4 N–H and O–H groups in total. The molecular formula is C11H13BrN4O2S. The summed E-state index contributed by atoms with van der Waals surface area (Å²) in [6.45, 7) is 1.77. The topological polar surface area (TPSA) is 101 Å². The van der Waals surface area contributed by atoms with Crippen LogP contribution in [0, 0.1) is 6.92 Å². The summed E-state index contributed by atoms with van der Waals surface area (Å²) in [5.74, 6) is 0.546. The van der Waals surface area contributed by atoms with Gasteiger partial charge in [-0.15, -0.1) is 0 Å². The van der Waals surface area contributed by atoms with Crippen LogP contribution < -0.4 is 10.5 Å². The monoisotopic (exact) mass is 344 g/mol. The zero-order valence-electron chi connectivity index (χ0n) is 10.1. The molecule has 0 radical (unpaired) electrons. The molecule has 6 nitrogen and oxygen atoms in total. The lowest BCUT2D eigenvalue weighted by Crippen LogP contribution is -2.24. The number of anilines is 1. The fourth-order valence-electron chi connectivity index (χ4n) is 1.59. The van der Waals surface area contributed by atoms with Crippen molar-refractivity contribution in [1.82, 2.24) is 14.7 Å². The third-order valence-electron chi connectivity index (χ3n) is 2.64. The van der Waals surface area contributed by atoms with Crippen LogP contribution in [0.1, 0.15) is 11.4 Å². The maximum absolute atomic E-state index is 12.2. The number of nitrogen functional groups attached to an aromatic ring is 1. The minimum Gasteiger partial charge on any atom is -0.398 e. The standard InChI is InChI=1S/C11H13BrN4O2S/c1-7-9(13)4-8(12)5-10(7)19(17,18)16-6-11-14-2-3-15-11/h2-5,16H,6,13H2,1H3,(H,14,15). The molecule has 0 aliphatic rings. The van der Waals surface area contributed by atoms with E-state index in [1.165, 1.54) is 6.07 Å². The SMILES string of the molecule is Cc1c(N)cc(Br)cc1S(=O)(=O)NCc1ncc[nH]1. The van der Waals surface area contributed by atoms with Gasteiger partial charge in [-0.05, 0) is 24.6 Å². The fraction of sp³-hybridized carbons (Fsp3) is 0.182. The van der Waals surface area contributed by atoms with Gasteiger partial charge < -0.3 is 10.7 Å². The van der Waals surface area contributed by atoms with E-state index in [1.54, 1.807) is 25.4 Å². The lowest BCUT2D eigenvalue weighted by molar-refractivity contribution is 0.579. The second-order valence-corrected chi connectivity index (χ2v) is 6.63. The van der Waals surface area contributed by atoms with E-state index in [-0.39, 0.29) is 11.4 Å². The van der Waals surface area contributed by atoms with Gasteiger partial charge in [0.05, 0.1) is 11.4 Å². The number of benzene rings is 1. The summed E-state index contributed by atoms with van der Waals surface area (Å²) in [6, 6.07) is 3.19. The van der Waals surface area contributed by atoms with Crippen molar-refractivity contribution in [3.05, 3.63) is 40.4 Å². The number of sulfonamides is 1. The molecular weight excluding hydrogens is 332 g/mol. The average Bonchev–Trinajstić information content (AvgIpc) is 2.84. The summed E-state index contributed by atoms with van der Waals surface area (Å²) in [4.78, 5) is 6.94. The number of H-pyrrole nitrogens is 1. The summed E-state index contributed by atoms with van der Waals surface area (Å²) in [6.07, 6.45) is 3.19. The van der Waals surface area contributed by atoms with E-state index in [0.29, 0.717) is 21.5 Å². The number of hydrogen-bond donors (Lipinski definition) is 3. The molecule has 0 fully saturated rings. The minimum atomic E-state index is -3.63. The minimum absolute atomic E-state index is 0.0984. The molecule has 0 aliphatic carbocycles. The van der Waals surface area contributed by atoms with Crippen molar-refractivity contribution in [1.29, 1.82) is 0 Å². The number of aromatic amines is 1. The highest BCUT2D eigenvalue weighted by atomic mass is 79.9. The predicted molar refractivity (Wildman–Crippen MR) is 75.9 cm³/mol. The van der Waals surface area contributed by atoms with Crippen molar-refractivity contribution in [2.45, 2.75) is 18.4 Å². The molecule has 0 saturated carbocycles. The van der Waals surface area contributed by atoms with Gasteiger partial charge in [0, 0.05) is 22.6 Å². The van der Waals surface area contributed by atoms with E-state index in [0.717, 1.165) is 0 Å². The van der Waals surface area contributed by atoms with Gasteiger partial charge >= 0.3 is 0 Å². The number of nitrogens with two attached hydrogens (primary N) is 1. The summed E-state index contributed by atoms with van der Waals surface area (Å²) < 4.78 is 27.5. The molecule has 2 aromatic rings. The van der Waals surface area contributed by atoms with Crippen LogP contribution in [-0.4, -0.2) is 18.4 Å². The molecule has 0 aliphatic heterocycles. The molecule has 2 rings (SSSR count). The van der Waals surface area contributed by atoms with E-state index in [9.17, 15) is 8.42 Å². The normalized spacial score (nSPS) is 11.7. The first kappa shape index (κ1) is 14.0.